The SMILES string of the molecule is CCc1cccc(F)c1SSc1c(F)cccc1CC. The summed E-state index contributed by atoms with van der Waals surface area (Å²) >= 11 is 0. The Bertz CT molecular complexity index is 544. The van der Waals surface area contributed by atoms with E-state index in [1.54, 1.807) is 12.1 Å². The summed E-state index contributed by atoms with van der Waals surface area (Å²) in [4.78, 5) is 1.20. The van der Waals surface area contributed by atoms with Gasteiger partial charge in [0.25, 0.3) is 0 Å². The average Bonchev–Trinajstić information content (AvgIpc) is 2.46. The second-order valence-corrected chi connectivity index (χ2v) is 6.48. The third kappa shape index (κ3) is 3.36. The molecule has 0 heterocycles. The molecule has 0 bridgehead atoms. The van der Waals surface area contributed by atoms with Gasteiger partial charge in [-0.3, -0.25) is 0 Å². The fourth-order valence-corrected chi connectivity index (χ4v) is 4.65. The Hall–Kier alpha value is -1.00. The monoisotopic (exact) mass is 310 g/mol. The Kier molecular flexibility index (Phi) is 5.49. The zero-order chi connectivity index (χ0) is 14.5. The standard InChI is InChI=1S/C16H16F2S2/c1-3-11-7-5-9-13(17)15(11)19-20-16-12(4-2)8-6-10-14(16)18/h5-10H,3-4H2,1-2H3. The molecule has 0 aromatic heterocycles. The lowest BCUT2D eigenvalue weighted by atomic mass is 10.2. The van der Waals surface area contributed by atoms with Crippen LogP contribution >= 0.6 is 21.6 Å². The maximum Gasteiger partial charge on any atom is 0.137 e. The van der Waals surface area contributed by atoms with Gasteiger partial charge in [0.1, 0.15) is 11.6 Å². The predicted octanol–water partition coefficient (Wildman–Crippen LogP) is 5.89. The van der Waals surface area contributed by atoms with E-state index in [1.807, 2.05) is 26.0 Å². The lowest BCUT2D eigenvalue weighted by molar-refractivity contribution is 0.596. The highest BCUT2D eigenvalue weighted by molar-refractivity contribution is 8.76. The van der Waals surface area contributed by atoms with Crippen LogP contribution in [0.15, 0.2) is 46.2 Å². The second kappa shape index (κ2) is 7.14. The average molecular weight is 310 g/mol. The summed E-state index contributed by atoms with van der Waals surface area (Å²) in [5.41, 5.74) is 1.91. The Morgan fingerprint density at radius 2 is 1.15 bits per heavy atom. The van der Waals surface area contributed by atoms with Crippen molar-refractivity contribution in [2.75, 3.05) is 0 Å². The summed E-state index contributed by atoms with van der Waals surface area (Å²) in [5, 5.41) is 0. The van der Waals surface area contributed by atoms with E-state index >= 15 is 0 Å². The van der Waals surface area contributed by atoms with Gasteiger partial charge in [-0.2, -0.15) is 0 Å². The van der Waals surface area contributed by atoms with Crippen LogP contribution in [0.4, 0.5) is 8.78 Å². The zero-order valence-corrected chi connectivity index (χ0v) is 13.1. The van der Waals surface area contributed by atoms with Crippen molar-refractivity contribution in [1.29, 1.82) is 0 Å². The summed E-state index contributed by atoms with van der Waals surface area (Å²) in [6, 6.07) is 10.1. The minimum Gasteiger partial charge on any atom is -0.206 e. The predicted molar refractivity (Wildman–Crippen MR) is 83.3 cm³/mol. The molecule has 0 aliphatic carbocycles. The number of hydrogen-bond donors (Lipinski definition) is 0. The largest absolute Gasteiger partial charge is 0.206 e. The first-order valence-corrected chi connectivity index (χ1v) is 8.71. The molecule has 0 atom stereocenters. The molecule has 106 valence electrons. The normalized spacial score (nSPS) is 10.8. The number of aryl methyl sites for hydroxylation is 2. The van der Waals surface area contributed by atoms with E-state index < -0.39 is 0 Å². The first-order chi connectivity index (χ1) is 9.67. The molecule has 0 radical (unpaired) electrons. The van der Waals surface area contributed by atoms with E-state index in [0.717, 1.165) is 24.0 Å². The van der Waals surface area contributed by atoms with E-state index in [9.17, 15) is 8.78 Å². The fraction of sp³-hybridized carbons (Fsp3) is 0.250. The van der Waals surface area contributed by atoms with Gasteiger partial charge in [-0.05, 0) is 57.7 Å². The molecule has 20 heavy (non-hydrogen) atoms. The summed E-state index contributed by atoms with van der Waals surface area (Å²) in [5.74, 6) is -0.479. The third-order valence-corrected chi connectivity index (χ3v) is 5.65. The smallest absolute Gasteiger partial charge is 0.137 e. The molecule has 4 heteroatoms. The van der Waals surface area contributed by atoms with Crippen molar-refractivity contribution in [3.05, 3.63) is 59.2 Å². The molecule has 0 unspecified atom stereocenters. The summed E-state index contributed by atoms with van der Waals surface area (Å²) in [6.45, 7) is 3.98. The van der Waals surface area contributed by atoms with Crippen LogP contribution in [0.5, 0.6) is 0 Å². The Morgan fingerprint density at radius 1 is 0.750 bits per heavy atom. The number of rotatable bonds is 5. The van der Waals surface area contributed by atoms with Crippen molar-refractivity contribution >= 4 is 21.6 Å². The van der Waals surface area contributed by atoms with Crippen LogP contribution < -0.4 is 0 Å². The topological polar surface area (TPSA) is 0 Å². The molecular weight excluding hydrogens is 294 g/mol. The van der Waals surface area contributed by atoms with Gasteiger partial charge in [0.15, 0.2) is 0 Å². The Balaban J connectivity index is 2.26. The van der Waals surface area contributed by atoms with Gasteiger partial charge >= 0.3 is 0 Å². The zero-order valence-electron chi connectivity index (χ0n) is 11.5. The Morgan fingerprint density at radius 3 is 1.50 bits per heavy atom. The maximum atomic E-state index is 13.9. The van der Waals surface area contributed by atoms with E-state index in [-0.39, 0.29) is 11.6 Å². The van der Waals surface area contributed by atoms with E-state index in [2.05, 4.69) is 0 Å². The molecule has 0 saturated carbocycles. The van der Waals surface area contributed by atoms with Crippen LogP contribution in [0, 0.1) is 11.6 Å². The number of benzene rings is 2. The van der Waals surface area contributed by atoms with Crippen LogP contribution in [0.2, 0.25) is 0 Å². The molecular formula is C16H16F2S2. The highest BCUT2D eigenvalue weighted by Crippen LogP contribution is 2.42. The maximum absolute atomic E-state index is 13.9. The van der Waals surface area contributed by atoms with E-state index in [1.165, 1.54) is 33.7 Å². The van der Waals surface area contributed by atoms with Crippen molar-refractivity contribution in [1.82, 2.24) is 0 Å². The molecule has 0 saturated heterocycles. The summed E-state index contributed by atoms with van der Waals surface area (Å²) < 4.78 is 27.8. The minimum atomic E-state index is -0.240. The number of halogens is 2. The van der Waals surface area contributed by atoms with Gasteiger partial charge in [-0.1, -0.05) is 38.1 Å². The van der Waals surface area contributed by atoms with Crippen molar-refractivity contribution in [3.8, 4) is 0 Å². The van der Waals surface area contributed by atoms with Crippen molar-refractivity contribution in [2.24, 2.45) is 0 Å². The lowest BCUT2D eigenvalue weighted by Gasteiger charge is -2.11. The van der Waals surface area contributed by atoms with Crippen LogP contribution in [-0.4, -0.2) is 0 Å². The second-order valence-electron chi connectivity index (χ2n) is 4.33. The molecule has 0 aliphatic heterocycles. The fourth-order valence-electron chi connectivity index (χ4n) is 1.93. The highest BCUT2D eigenvalue weighted by atomic mass is 33.1. The van der Waals surface area contributed by atoms with Gasteiger partial charge in [0, 0.05) is 0 Å². The summed E-state index contributed by atoms with van der Waals surface area (Å²) in [6.07, 6.45) is 1.52. The van der Waals surface area contributed by atoms with Crippen LogP contribution in [0.1, 0.15) is 25.0 Å². The van der Waals surface area contributed by atoms with Crippen LogP contribution in [0.25, 0.3) is 0 Å². The number of hydrogen-bond acceptors (Lipinski definition) is 2. The molecule has 0 N–H and O–H groups in total. The van der Waals surface area contributed by atoms with E-state index in [0.29, 0.717) is 9.79 Å². The van der Waals surface area contributed by atoms with Gasteiger partial charge < -0.3 is 0 Å². The van der Waals surface area contributed by atoms with Gasteiger partial charge in [-0.15, -0.1) is 0 Å². The molecule has 0 aliphatic rings. The van der Waals surface area contributed by atoms with Crippen LogP contribution in [0.3, 0.4) is 0 Å². The summed E-state index contributed by atoms with van der Waals surface area (Å²) in [7, 11) is 2.59. The minimum absolute atomic E-state index is 0.240. The molecule has 0 spiro atoms. The molecule has 2 rings (SSSR count). The van der Waals surface area contributed by atoms with Crippen LogP contribution in [-0.2, 0) is 12.8 Å². The van der Waals surface area contributed by atoms with Crippen molar-refractivity contribution in [2.45, 2.75) is 36.5 Å². The molecule has 0 nitrogen and oxygen atoms in total. The quantitative estimate of drug-likeness (QED) is 0.632. The lowest BCUT2D eigenvalue weighted by Crippen LogP contribution is -1.91. The molecule has 2 aromatic rings. The molecule has 0 amide bonds. The van der Waals surface area contributed by atoms with Crippen molar-refractivity contribution < 1.29 is 8.78 Å². The Labute approximate surface area is 126 Å². The third-order valence-electron chi connectivity index (χ3n) is 3.07. The van der Waals surface area contributed by atoms with Gasteiger partial charge in [0.2, 0.25) is 0 Å². The first kappa shape index (κ1) is 15.4. The molecule has 0 fully saturated rings. The first-order valence-electron chi connectivity index (χ1n) is 6.56. The molecule has 2 aromatic carbocycles. The van der Waals surface area contributed by atoms with Gasteiger partial charge in [0.05, 0.1) is 9.79 Å². The van der Waals surface area contributed by atoms with Crippen molar-refractivity contribution in [3.63, 3.8) is 0 Å². The van der Waals surface area contributed by atoms with E-state index in [4.69, 9.17) is 0 Å². The highest BCUT2D eigenvalue weighted by Gasteiger charge is 2.13. The van der Waals surface area contributed by atoms with Gasteiger partial charge in [-0.25, -0.2) is 8.78 Å².